The van der Waals surface area contributed by atoms with Crippen molar-refractivity contribution in [3.63, 3.8) is 0 Å². The summed E-state index contributed by atoms with van der Waals surface area (Å²) in [6.45, 7) is 2.66. The van der Waals surface area contributed by atoms with Crippen LogP contribution in [0.25, 0.3) is 6.08 Å². The van der Waals surface area contributed by atoms with Gasteiger partial charge < -0.3 is 9.84 Å². The highest BCUT2D eigenvalue weighted by atomic mass is 16.5. The van der Waals surface area contributed by atoms with Crippen LogP contribution in [0.1, 0.15) is 18.9 Å². The molecule has 1 rings (SSSR count). The first-order valence-electron chi connectivity index (χ1n) is 5.25. The van der Waals surface area contributed by atoms with E-state index in [9.17, 15) is 4.79 Å². The molecule has 17 heavy (non-hydrogen) atoms. The van der Waals surface area contributed by atoms with E-state index in [-0.39, 0.29) is 5.57 Å². The quantitative estimate of drug-likeness (QED) is 0.624. The van der Waals surface area contributed by atoms with Crippen LogP contribution in [0.3, 0.4) is 0 Å². The highest BCUT2D eigenvalue weighted by molar-refractivity contribution is 5.96. The van der Waals surface area contributed by atoms with Crippen LogP contribution in [0.5, 0.6) is 5.75 Å². The second-order valence-corrected chi connectivity index (χ2v) is 3.39. The van der Waals surface area contributed by atoms with Crippen molar-refractivity contribution >= 4 is 12.0 Å². The summed E-state index contributed by atoms with van der Waals surface area (Å²) in [5, 5.41) is 17.3. The fraction of sp³-hybridized carbons (Fsp3) is 0.231. The fourth-order valence-electron chi connectivity index (χ4n) is 1.19. The summed E-state index contributed by atoms with van der Waals surface area (Å²) < 4.78 is 5.39. The molecular formula is C13H13NO3. The third kappa shape index (κ3) is 3.99. The molecule has 0 aliphatic heterocycles. The Morgan fingerprint density at radius 3 is 2.59 bits per heavy atom. The first-order chi connectivity index (χ1) is 8.17. The number of carboxylic acids is 1. The van der Waals surface area contributed by atoms with Gasteiger partial charge in [-0.1, -0.05) is 19.1 Å². The van der Waals surface area contributed by atoms with Crippen LogP contribution >= 0.6 is 0 Å². The van der Waals surface area contributed by atoms with Gasteiger partial charge in [-0.3, -0.25) is 0 Å². The number of rotatable bonds is 5. The molecule has 0 bridgehead atoms. The zero-order valence-corrected chi connectivity index (χ0v) is 9.51. The lowest BCUT2D eigenvalue weighted by Gasteiger charge is -2.04. The van der Waals surface area contributed by atoms with Crippen LogP contribution in [0.15, 0.2) is 29.8 Å². The van der Waals surface area contributed by atoms with E-state index in [4.69, 9.17) is 15.1 Å². The van der Waals surface area contributed by atoms with E-state index < -0.39 is 5.97 Å². The summed E-state index contributed by atoms with van der Waals surface area (Å²) in [5.74, 6) is -0.489. The average Bonchev–Trinajstić information content (AvgIpc) is 2.34. The van der Waals surface area contributed by atoms with Crippen LogP contribution in [0.2, 0.25) is 0 Å². The van der Waals surface area contributed by atoms with Crippen molar-refractivity contribution in [1.82, 2.24) is 0 Å². The summed E-state index contributed by atoms with van der Waals surface area (Å²) in [6, 6.07) is 8.55. The summed E-state index contributed by atoms with van der Waals surface area (Å²) in [5.41, 5.74) is 0.375. The Labute approximate surface area is 99.8 Å². The molecule has 4 nitrogen and oxygen atoms in total. The normalized spacial score (nSPS) is 10.7. The molecule has 0 unspecified atom stereocenters. The van der Waals surface area contributed by atoms with Gasteiger partial charge in [-0.15, -0.1) is 0 Å². The number of carboxylic acid groups (broad SMARTS) is 1. The molecule has 0 aliphatic rings. The van der Waals surface area contributed by atoms with Gasteiger partial charge in [-0.2, -0.15) is 5.26 Å². The van der Waals surface area contributed by atoms with Gasteiger partial charge in [0.2, 0.25) is 0 Å². The number of hydrogen-bond acceptors (Lipinski definition) is 3. The molecule has 1 aromatic carbocycles. The first kappa shape index (κ1) is 12.8. The third-order valence-corrected chi connectivity index (χ3v) is 2.01. The van der Waals surface area contributed by atoms with Crippen molar-refractivity contribution in [2.45, 2.75) is 13.3 Å². The van der Waals surface area contributed by atoms with E-state index in [1.807, 2.05) is 6.92 Å². The van der Waals surface area contributed by atoms with Gasteiger partial charge >= 0.3 is 5.97 Å². The summed E-state index contributed by atoms with van der Waals surface area (Å²) in [4.78, 5) is 10.6. The largest absolute Gasteiger partial charge is 0.494 e. The van der Waals surface area contributed by atoms with Crippen molar-refractivity contribution in [3.8, 4) is 11.8 Å². The fourth-order valence-corrected chi connectivity index (χ4v) is 1.19. The number of nitrogens with zero attached hydrogens (tertiary/aromatic N) is 1. The van der Waals surface area contributed by atoms with Crippen molar-refractivity contribution < 1.29 is 14.6 Å². The second kappa shape index (κ2) is 6.33. The van der Waals surface area contributed by atoms with Gasteiger partial charge in [0, 0.05) is 0 Å². The van der Waals surface area contributed by atoms with E-state index in [1.54, 1.807) is 30.3 Å². The Balaban J connectivity index is 2.81. The third-order valence-electron chi connectivity index (χ3n) is 2.01. The molecule has 4 heteroatoms. The van der Waals surface area contributed by atoms with Crippen LogP contribution in [-0.4, -0.2) is 17.7 Å². The average molecular weight is 231 g/mol. The zero-order chi connectivity index (χ0) is 12.7. The molecule has 88 valence electrons. The van der Waals surface area contributed by atoms with E-state index in [0.29, 0.717) is 12.2 Å². The van der Waals surface area contributed by atoms with Crippen molar-refractivity contribution in [2.75, 3.05) is 6.61 Å². The molecule has 0 fully saturated rings. The van der Waals surface area contributed by atoms with E-state index in [2.05, 4.69) is 0 Å². The number of benzene rings is 1. The molecule has 0 saturated carbocycles. The molecule has 0 atom stereocenters. The molecule has 0 saturated heterocycles. The van der Waals surface area contributed by atoms with Crippen molar-refractivity contribution in [2.24, 2.45) is 0 Å². The highest BCUT2D eigenvalue weighted by Crippen LogP contribution is 2.14. The Morgan fingerprint density at radius 2 is 2.12 bits per heavy atom. The minimum Gasteiger partial charge on any atom is -0.494 e. The topological polar surface area (TPSA) is 70.3 Å². The lowest BCUT2D eigenvalue weighted by molar-refractivity contribution is -0.132. The van der Waals surface area contributed by atoms with Gasteiger partial charge in [-0.05, 0) is 30.2 Å². The Kier molecular flexibility index (Phi) is 4.77. The number of aliphatic carboxylic acids is 1. The first-order valence-corrected chi connectivity index (χ1v) is 5.25. The van der Waals surface area contributed by atoms with Crippen LogP contribution < -0.4 is 4.74 Å². The number of nitriles is 1. The van der Waals surface area contributed by atoms with Gasteiger partial charge in [-0.25, -0.2) is 4.79 Å². The van der Waals surface area contributed by atoms with E-state index in [0.717, 1.165) is 12.2 Å². The molecule has 0 aromatic heterocycles. The van der Waals surface area contributed by atoms with Crippen LogP contribution in [-0.2, 0) is 4.79 Å². The minimum absolute atomic E-state index is 0.285. The number of carbonyl (C=O) groups is 1. The summed E-state index contributed by atoms with van der Waals surface area (Å²) in [7, 11) is 0. The maximum atomic E-state index is 10.6. The SMILES string of the molecule is CCCOc1ccc(/C=C(/C#N)C(=O)O)cc1. The van der Waals surface area contributed by atoms with E-state index >= 15 is 0 Å². The van der Waals surface area contributed by atoms with Gasteiger partial charge in [0.25, 0.3) is 0 Å². The second-order valence-electron chi connectivity index (χ2n) is 3.39. The lowest BCUT2D eigenvalue weighted by atomic mass is 10.1. The molecule has 1 aromatic rings. The molecule has 0 aliphatic carbocycles. The number of hydrogen-bond donors (Lipinski definition) is 1. The molecule has 0 heterocycles. The van der Waals surface area contributed by atoms with Gasteiger partial charge in [0.1, 0.15) is 17.4 Å². The smallest absolute Gasteiger partial charge is 0.346 e. The van der Waals surface area contributed by atoms with Crippen molar-refractivity contribution in [1.29, 1.82) is 5.26 Å². The summed E-state index contributed by atoms with van der Waals surface area (Å²) in [6.07, 6.45) is 2.26. The zero-order valence-electron chi connectivity index (χ0n) is 9.51. The Bertz CT molecular complexity index is 455. The predicted octanol–water partition coefficient (Wildman–Crippen LogP) is 2.47. The Hall–Kier alpha value is -2.28. The molecule has 0 radical (unpaired) electrons. The van der Waals surface area contributed by atoms with Crippen LogP contribution in [0.4, 0.5) is 0 Å². The molecule has 1 N–H and O–H groups in total. The maximum Gasteiger partial charge on any atom is 0.346 e. The predicted molar refractivity (Wildman–Crippen MR) is 63.5 cm³/mol. The molecule has 0 spiro atoms. The minimum atomic E-state index is -1.22. The number of ether oxygens (including phenoxy) is 1. The molecular weight excluding hydrogens is 218 g/mol. The van der Waals surface area contributed by atoms with E-state index in [1.165, 1.54) is 6.08 Å². The highest BCUT2D eigenvalue weighted by Gasteiger charge is 2.05. The van der Waals surface area contributed by atoms with Gasteiger partial charge in [0.15, 0.2) is 0 Å². The van der Waals surface area contributed by atoms with Gasteiger partial charge in [0.05, 0.1) is 6.61 Å². The monoisotopic (exact) mass is 231 g/mol. The van der Waals surface area contributed by atoms with Crippen LogP contribution in [0, 0.1) is 11.3 Å². The maximum absolute atomic E-state index is 10.6. The molecule has 0 amide bonds. The summed E-state index contributed by atoms with van der Waals surface area (Å²) >= 11 is 0. The lowest BCUT2D eigenvalue weighted by Crippen LogP contribution is -1.97. The standard InChI is InChI=1S/C13H13NO3/c1-2-7-17-12-5-3-10(4-6-12)8-11(9-14)13(15)16/h3-6,8H,2,7H2,1H3,(H,15,16)/b11-8-. The Morgan fingerprint density at radius 1 is 1.47 bits per heavy atom. The van der Waals surface area contributed by atoms with Crippen molar-refractivity contribution in [3.05, 3.63) is 35.4 Å².